The minimum Gasteiger partial charge on any atom is -0.398 e. The lowest BCUT2D eigenvalue weighted by Crippen LogP contribution is -2.38. The molecular weight excluding hydrogens is 416 g/mol. The van der Waals surface area contributed by atoms with Crippen LogP contribution in [0.4, 0.5) is 11.4 Å². The highest BCUT2D eigenvalue weighted by molar-refractivity contribution is 5.91. The Hall–Kier alpha value is -3.14. The smallest absolute Gasteiger partial charge is 0.214 e. The van der Waals surface area contributed by atoms with E-state index in [9.17, 15) is 0 Å². The maximum absolute atomic E-state index is 6.22. The lowest BCUT2D eigenvalue weighted by molar-refractivity contribution is -0.677. The van der Waals surface area contributed by atoms with Crippen LogP contribution in [0.15, 0.2) is 60.7 Å². The summed E-state index contributed by atoms with van der Waals surface area (Å²) in [6, 6.07) is 21.1. The van der Waals surface area contributed by atoms with Gasteiger partial charge >= 0.3 is 0 Å². The quantitative estimate of drug-likeness (QED) is 0.177. The number of nitrogens with one attached hydrogen (secondary N) is 1. The van der Waals surface area contributed by atoms with Gasteiger partial charge in [-0.3, -0.25) is 4.98 Å². The molecule has 0 saturated heterocycles. The SMILES string of the molecule is Cc1cc(NCCCCCCCCCC[n+]2c(C)cc(N)c3ccccc32)c2ccccc2n1. The molecular formula is C30H39N4+. The lowest BCUT2D eigenvalue weighted by atomic mass is 10.1. The van der Waals surface area contributed by atoms with Gasteiger partial charge in [-0.05, 0) is 38.0 Å². The van der Waals surface area contributed by atoms with Crippen LogP contribution in [0.3, 0.4) is 0 Å². The van der Waals surface area contributed by atoms with Crippen molar-refractivity contribution >= 4 is 33.2 Å². The lowest BCUT2D eigenvalue weighted by Gasteiger charge is -2.10. The van der Waals surface area contributed by atoms with Crippen molar-refractivity contribution in [3.05, 3.63) is 72.1 Å². The molecule has 4 nitrogen and oxygen atoms in total. The molecule has 0 aliphatic rings. The molecule has 4 aromatic rings. The van der Waals surface area contributed by atoms with Crippen LogP contribution in [-0.4, -0.2) is 11.5 Å². The van der Waals surface area contributed by atoms with E-state index < -0.39 is 0 Å². The summed E-state index contributed by atoms with van der Waals surface area (Å²) >= 11 is 0. The first kappa shape index (κ1) is 24.0. The summed E-state index contributed by atoms with van der Waals surface area (Å²) in [5.41, 5.74) is 13.0. The van der Waals surface area contributed by atoms with Gasteiger partial charge in [0.2, 0.25) is 5.52 Å². The Labute approximate surface area is 204 Å². The zero-order chi connectivity index (χ0) is 23.8. The largest absolute Gasteiger partial charge is 0.398 e. The van der Waals surface area contributed by atoms with Gasteiger partial charge in [0.25, 0.3) is 0 Å². The van der Waals surface area contributed by atoms with Crippen molar-refractivity contribution in [2.24, 2.45) is 0 Å². The number of hydrogen-bond acceptors (Lipinski definition) is 3. The van der Waals surface area contributed by atoms with Crippen LogP contribution < -0.4 is 15.6 Å². The van der Waals surface area contributed by atoms with Crippen LogP contribution >= 0.6 is 0 Å². The maximum Gasteiger partial charge on any atom is 0.214 e. The molecule has 34 heavy (non-hydrogen) atoms. The summed E-state index contributed by atoms with van der Waals surface area (Å²) in [5.74, 6) is 0. The molecule has 0 radical (unpaired) electrons. The van der Waals surface area contributed by atoms with Crippen molar-refractivity contribution in [3.63, 3.8) is 0 Å². The minimum absolute atomic E-state index is 0.879. The number of hydrogen-bond donors (Lipinski definition) is 2. The number of fused-ring (bicyclic) bond motifs is 2. The van der Waals surface area contributed by atoms with E-state index in [0.717, 1.165) is 35.4 Å². The fraction of sp³-hybridized carbons (Fsp3) is 0.400. The molecule has 0 saturated carbocycles. The van der Waals surface area contributed by atoms with Crippen LogP contribution in [0.5, 0.6) is 0 Å². The molecule has 0 unspecified atom stereocenters. The molecule has 3 N–H and O–H groups in total. The molecule has 0 amide bonds. The Morgan fingerprint density at radius 1 is 0.765 bits per heavy atom. The van der Waals surface area contributed by atoms with Gasteiger partial charge in [0, 0.05) is 48.8 Å². The first-order valence-corrected chi connectivity index (χ1v) is 12.9. The number of aryl methyl sites for hydroxylation is 3. The minimum atomic E-state index is 0.879. The maximum atomic E-state index is 6.22. The third-order valence-corrected chi connectivity index (χ3v) is 6.76. The molecule has 0 bridgehead atoms. The number of para-hydroxylation sites is 2. The number of pyridine rings is 2. The van der Waals surface area contributed by atoms with Gasteiger partial charge in [0.15, 0.2) is 5.69 Å². The van der Waals surface area contributed by atoms with Gasteiger partial charge in [-0.15, -0.1) is 0 Å². The summed E-state index contributed by atoms with van der Waals surface area (Å²) in [6.07, 6.45) is 10.4. The second-order valence-corrected chi connectivity index (χ2v) is 9.49. The topological polar surface area (TPSA) is 54.8 Å². The van der Waals surface area contributed by atoms with Crippen LogP contribution in [-0.2, 0) is 6.54 Å². The molecule has 0 spiro atoms. The second kappa shape index (κ2) is 11.8. The van der Waals surface area contributed by atoms with Gasteiger partial charge in [0.05, 0.1) is 16.6 Å². The van der Waals surface area contributed by atoms with E-state index in [1.807, 2.05) is 0 Å². The van der Waals surface area contributed by atoms with E-state index in [4.69, 9.17) is 5.73 Å². The Morgan fingerprint density at radius 2 is 1.41 bits per heavy atom. The molecule has 0 atom stereocenters. The van der Waals surface area contributed by atoms with Gasteiger partial charge in [0.1, 0.15) is 6.54 Å². The van der Waals surface area contributed by atoms with E-state index in [1.54, 1.807) is 0 Å². The number of aromatic nitrogens is 2. The summed E-state index contributed by atoms with van der Waals surface area (Å²) in [6.45, 7) is 6.33. The summed E-state index contributed by atoms with van der Waals surface area (Å²) in [5, 5.41) is 6.01. The first-order valence-electron chi connectivity index (χ1n) is 12.9. The third-order valence-electron chi connectivity index (χ3n) is 6.76. The van der Waals surface area contributed by atoms with Crippen LogP contribution in [0.2, 0.25) is 0 Å². The van der Waals surface area contributed by atoms with E-state index in [1.165, 1.54) is 73.7 Å². The van der Waals surface area contributed by atoms with Gasteiger partial charge < -0.3 is 11.1 Å². The van der Waals surface area contributed by atoms with Crippen molar-refractivity contribution in [1.82, 2.24) is 4.98 Å². The number of rotatable bonds is 12. The highest BCUT2D eigenvalue weighted by Gasteiger charge is 2.14. The van der Waals surface area contributed by atoms with E-state index in [2.05, 4.69) is 89.4 Å². The molecule has 0 aliphatic carbocycles. The Balaban J connectivity index is 1.10. The number of anilines is 2. The average molecular weight is 456 g/mol. The second-order valence-electron chi connectivity index (χ2n) is 9.49. The number of nitrogen functional groups attached to an aromatic ring is 1. The number of nitrogens with two attached hydrogens (primary N) is 1. The fourth-order valence-electron chi connectivity index (χ4n) is 4.95. The zero-order valence-corrected chi connectivity index (χ0v) is 20.8. The highest BCUT2D eigenvalue weighted by atomic mass is 15.0. The molecule has 0 aliphatic heterocycles. The predicted molar refractivity (Wildman–Crippen MR) is 145 cm³/mol. The molecule has 178 valence electrons. The molecule has 2 aromatic carbocycles. The highest BCUT2D eigenvalue weighted by Crippen LogP contribution is 2.23. The Bertz CT molecular complexity index is 1230. The molecule has 4 rings (SSSR count). The number of benzene rings is 2. The van der Waals surface area contributed by atoms with Crippen LogP contribution in [0.25, 0.3) is 21.8 Å². The van der Waals surface area contributed by atoms with Crippen molar-refractivity contribution < 1.29 is 4.57 Å². The molecule has 0 fully saturated rings. The molecule has 2 heterocycles. The summed E-state index contributed by atoms with van der Waals surface area (Å²) < 4.78 is 2.42. The molecule has 2 aromatic heterocycles. The standard InChI is InChI=1S/C30H38N4/c1-23-21-29(26-16-9-11-17-28(26)33-23)32-19-13-7-5-3-4-6-8-14-20-34-24(2)22-27(31)25-15-10-12-18-30(25)34/h9-12,15-18,21-22,31H,3-8,13-14,19-20H2,1-2H3,(H,32,33)/p+1. The monoisotopic (exact) mass is 455 g/mol. The van der Waals surface area contributed by atoms with E-state index in [-0.39, 0.29) is 0 Å². The van der Waals surface area contributed by atoms with Crippen LogP contribution in [0.1, 0.15) is 62.8 Å². The zero-order valence-electron chi connectivity index (χ0n) is 20.8. The van der Waals surface area contributed by atoms with Crippen molar-refractivity contribution in [2.45, 2.75) is 71.8 Å². The van der Waals surface area contributed by atoms with E-state index in [0.29, 0.717) is 0 Å². The van der Waals surface area contributed by atoms with Gasteiger partial charge in [-0.2, -0.15) is 4.57 Å². The first-order chi connectivity index (χ1) is 16.6. The Kier molecular flexibility index (Phi) is 8.35. The van der Waals surface area contributed by atoms with E-state index >= 15 is 0 Å². The van der Waals surface area contributed by atoms with Crippen molar-refractivity contribution in [2.75, 3.05) is 17.6 Å². The summed E-state index contributed by atoms with van der Waals surface area (Å²) in [7, 11) is 0. The Morgan fingerprint density at radius 3 is 2.21 bits per heavy atom. The van der Waals surface area contributed by atoms with Gasteiger partial charge in [-0.25, -0.2) is 0 Å². The van der Waals surface area contributed by atoms with Gasteiger partial charge in [-0.1, -0.05) is 62.4 Å². The van der Waals surface area contributed by atoms with Crippen molar-refractivity contribution in [3.8, 4) is 0 Å². The molecule has 4 heteroatoms. The fourth-order valence-corrected chi connectivity index (χ4v) is 4.95. The average Bonchev–Trinajstić information content (AvgIpc) is 2.84. The third kappa shape index (κ3) is 6.05. The number of unbranched alkanes of at least 4 members (excludes halogenated alkanes) is 7. The number of nitrogens with zero attached hydrogens (tertiary/aromatic N) is 2. The summed E-state index contributed by atoms with van der Waals surface area (Å²) in [4.78, 5) is 4.63. The van der Waals surface area contributed by atoms with Crippen molar-refractivity contribution in [1.29, 1.82) is 0 Å². The predicted octanol–water partition coefficient (Wildman–Crippen LogP) is 7.11. The normalized spacial score (nSPS) is 11.4. The van der Waals surface area contributed by atoms with Crippen LogP contribution in [0, 0.1) is 13.8 Å².